The van der Waals surface area contributed by atoms with Crippen LogP contribution in [0, 0.1) is 5.92 Å². The van der Waals surface area contributed by atoms with Crippen molar-refractivity contribution >= 4 is 15.9 Å². The third-order valence-electron chi connectivity index (χ3n) is 4.18. The van der Waals surface area contributed by atoms with Crippen molar-refractivity contribution in [1.82, 2.24) is 5.32 Å². The van der Waals surface area contributed by atoms with E-state index in [1.165, 1.54) is 5.56 Å². The maximum absolute atomic E-state index is 10.2. The highest BCUT2D eigenvalue weighted by Gasteiger charge is 2.23. The minimum Gasteiger partial charge on any atom is -0.493 e. The molecular weight excluding hydrogens is 318 g/mol. The highest BCUT2D eigenvalue weighted by Crippen LogP contribution is 2.34. The van der Waals surface area contributed by atoms with Crippen molar-refractivity contribution < 1.29 is 9.84 Å². The van der Waals surface area contributed by atoms with E-state index in [1.54, 1.807) is 0 Å². The van der Waals surface area contributed by atoms with Crippen LogP contribution in [-0.4, -0.2) is 24.4 Å². The summed E-state index contributed by atoms with van der Waals surface area (Å²) in [6.07, 6.45) is 2.72. The lowest BCUT2D eigenvalue weighted by atomic mass is 9.95. The summed E-state index contributed by atoms with van der Waals surface area (Å²) >= 11 is 3.51. The molecule has 0 amide bonds. The predicted molar refractivity (Wildman–Crippen MR) is 85.1 cm³/mol. The van der Waals surface area contributed by atoms with Crippen LogP contribution in [0.25, 0.3) is 0 Å². The number of ether oxygens (including phenoxy) is 1. The van der Waals surface area contributed by atoms with Gasteiger partial charge in [-0.3, -0.25) is 0 Å². The second-order valence-corrected chi connectivity index (χ2v) is 6.34. The number of halogens is 1. The van der Waals surface area contributed by atoms with E-state index in [-0.39, 0.29) is 12.1 Å². The molecule has 4 heteroatoms. The molecule has 2 atom stereocenters. The van der Waals surface area contributed by atoms with E-state index in [0.29, 0.717) is 12.5 Å². The van der Waals surface area contributed by atoms with Gasteiger partial charge in [0.2, 0.25) is 0 Å². The summed E-state index contributed by atoms with van der Waals surface area (Å²) in [5.74, 6) is 1.33. The fraction of sp³-hybridized carbons (Fsp3) is 0.625. The minimum atomic E-state index is -0.275. The van der Waals surface area contributed by atoms with Gasteiger partial charge in [-0.05, 0) is 24.1 Å². The first-order valence-corrected chi connectivity index (χ1v) is 8.28. The van der Waals surface area contributed by atoms with Crippen molar-refractivity contribution in [3.05, 3.63) is 28.2 Å². The third kappa shape index (κ3) is 3.74. The van der Waals surface area contributed by atoms with Crippen LogP contribution in [0.2, 0.25) is 0 Å². The zero-order valence-corrected chi connectivity index (χ0v) is 13.8. The van der Waals surface area contributed by atoms with Crippen LogP contribution < -0.4 is 10.1 Å². The largest absolute Gasteiger partial charge is 0.493 e. The second-order valence-electron chi connectivity index (χ2n) is 5.42. The molecule has 1 aliphatic rings. The first-order valence-electron chi connectivity index (χ1n) is 7.49. The number of nitrogens with one attached hydrogen (secondary N) is 1. The molecule has 0 bridgehead atoms. The Bertz CT molecular complexity index is 434. The minimum absolute atomic E-state index is 0.264. The molecule has 0 fully saturated rings. The van der Waals surface area contributed by atoms with E-state index in [9.17, 15) is 5.11 Å². The van der Waals surface area contributed by atoms with Gasteiger partial charge in [-0.15, -0.1) is 0 Å². The lowest BCUT2D eigenvalue weighted by Crippen LogP contribution is -2.36. The van der Waals surface area contributed by atoms with Crippen molar-refractivity contribution in [3.63, 3.8) is 0 Å². The van der Waals surface area contributed by atoms with Crippen LogP contribution in [0.15, 0.2) is 22.7 Å². The van der Waals surface area contributed by atoms with Crippen molar-refractivity contribution in [1.29, 1.82) is 0 Å². The Morgan fingerprint density at radius 1 is 1.40 bits per heavy atom. The van der Waals surface area contributed by atoms with Crippen molar-refractivity contribution in [2.24, 2.45) is 5.92 Å². The van der Waals surface area contributed by atoms with Gasteiger partial charge < -0.3 is 15.2 Å². The molecule has 0 aliphatic carbocycles. The lowest BCUT2D eigenvalue weighted by Gasteiger charge is -2.29. The lowest BCUT2D eigenvalue weighted by molar-refractivity contribution is 0.0957. The molecule has 0 radical (unpaired) electrons. The fourth-order valence-electron chi connectivity index (χ4n) is 2.84. The standard InChI is InChI=1S/C16H24BrNO2/c1-3-11(4-2)15(19)10-18-14-7-8-20-16-6-5-12(17)9-13(14)16/h5-6,9,11,14-15,18-19H,3-4,7-8,10H2,1-2H3. The Hall–Kier alpha value is -0.580. The first kappa shape index (κ1) is 15.8. The maximum Gasteiger partial charge on any atom is 0.124 e. The SMILES string of the molecule is CCC(CC)C(O)CNC1CCOc2ccc(Br)cc21. The Kier molecular flexibility index (Phi) is 5.87. The van der Waals surface area contributed by atoms with Crippen LogP contribution in [0.5, 0.6) is 5.75 Å². The van der Waals surface area contributed by atoms with E-state index in [2.05, 4.69) is 41.2 Å². The number of aliphatic hydroxyl groups excluding tert-OH is 1. The van der Waals surface area contributed by atoms with Gasteiger partial charge in [0.05, 0.1) is 12.7 Å². The number of benzene rings is 1. The summed E-state index contributed by atoms with van der Waals surface area (Å²) in [4.78, 5) is 0. The quantitative estimate of drug-likeness (QED) is 0.829. The third-order valence-corrected chi connectivity index (χ3v) is 4.67. The number of aliphatic hydroxyl groups is 1. The molecule has 20 heavy (non-hydrogen) atoms. The molecule has 1 heterocycles. The van der Waals surface area contributed by atoms with E-state index >= 15 is 0 Å². The summed E-state index contributed by atoms with van der Waals surface area (Å²) in [6, 6.07) is 6.38. The predicted octanol–water partition coefficient (Wildman–Crippen LogP) is 3.66. The Morgan fingerprint density at radius 2 is 2.15 bits per heavy atom. The zero-order valence-electron chi connectivity index (χ0n) is 12.2. The van der Waals surface area contributed by atoms with Crippen molar-refractivity contribution in [2.75, 3.05) is 13.2 Å². The summed E-state index contributed by atoms with van der Waals surface area (Å²) in [7, 11) is 0. The number of hydrogen-bond donors (Lipinski definition) is 2. The van der Waals surface area contributed by atoms with Crippen LogP contribution in [0.3, 0.4) is 0 Å². The average Bonchev–Trinajstić information content (AvgIpc) is 2.46. The second kappa shape index (κ2) is 7.43. The average molecular weight is 342 g/mol. The van der Waals surface area contributed by atoms with Gasteiger partial charge >= 0.3 is 0 Å². The van der Waals surface area contributed by atoms with E-state index in [4.69, 9.17) is 4.74 Å². The topological polar surface area (TPSA) is 41.5 Å². The van der Waals surface area contributed by atoms with Gasteiger partial charge in [-0.1, -0.05) is 42.6 Å². The molecule has 3 nitrogen and oxygen atoms in total. The Morgan fingerprint density at radius 3 is 2.85 bits per heavy atom. The molecule has 1 aromatic rings. The van der Waals surface area contributed by atoms with E-state index in [1.807, 2.05) is 12.1 Å². The zero-order chi connectivity index (χ0) is 14.5. The Labute approximate surface area is 129 Å². The van der Waals surface area contributed by atoms with E-state index in [0.717, 1.165) is 36.1 Å². The van der Waals surface area contributed by atoms with Gasteiger partial charge in [0.25, 0.3) is 0 Å². The van der Waals surface area contributed by atoms with Crippen LogP contribution in [0.1, 0.15) is 44.7 Å². The molecule has 0 spiro atoms. The molecule has 2 N–H and O–H groups in total. The van der Waals surface area contributed by atoms with E-state index < -0.39 is 0 Å². The highest BCUT2D eigenvalue weighted by molar-refractivity contribution is 9.10. The molecule has 2 rings (SSSR count). The highest BCUT2D eigenvalue weighted by atomic mass is 79.9. The molecular formula is C16H24BrNO2. The molecule has 0 saturated heterocycles. The normalized spacial score (nSPS) is 19.6. The van der Waals surface area contributed by atoms with Crippen LogP contribution in [0.4, 0.5) is 0 Å². The number of hydrogen-bond acceptors (Lipinski definition) is 3. The summed E-state index contributed by atoms with van der Waals surface area (Å²) in [5, 5.41) is 13.7. The van der Waals surface area contributed by atoms with Gasteiger partial charge in [0.15, 0.2) is 0 Å². The first-order chi connectivity index (χ1) is 9.65. The fourth-order valence-corrected chi connectivity index (χ4v) is 3.22. The molecule has 1 aromatic carbocycles. The molecule has 2 unspecified atom stereocenters. The monoisotopic (exact) mass is 341 g/mol. The number of rotatable bonds is 6. The molecule has 112 valence electrons. The molecule has 0 saturated carbocycles. The molecule has 1 aliphatic heterocycles. The summed E-state index contributed by atoms with van der Waals surface area (Å²) < 4.78 is 6.75. The van der Waals surface area contributed by atoms with Crippen molar-refractivity contribution in [2.45, 2.75) is 45.3 Å². The smallest absolute Gasteiger partial charge is 0.124 e. The van der Waals surface area contributed by atoms with Crippen LogP contribution in [-0.2, 0) is 0 Å². The number of fused-ring (bicyclic) bond motifs is 1. The summed E-state index contributed by atoms with van der Waals surface area (Å²) in [5.41, 5.74) is 1.18. The molecule has 0 aromatic heterocycles. The van der Waals surface area contributed by atoms with Gasteiger partial charge in [-0.2, -0.15) is 0 Å². The van der Waals surface area contributed by atoms with Crippen molar-refractivity contribution in [3.8, 4) is 5.75 Å². The summed E-state index contributed by atoms with van der Waals surface area (Å²) in [6.45, 7) is 5.65. The maximum atomic E-state index is 10.2. The van der Waals surface area contributed by atoms with Gasteiger partial charge in [-0.25, -0.2) is 0 Å². The van der Waals surface area contributed by atoms with Gasteiger partial charge in [0, 0.05) is 29.0 Å². The Balaban J connectivity index is 2.00. The van der Waals surface area contributed by atoms with Gasteiger partial charge in [0.1, 0.15) is 5.75 Å². The van der Waals surface area contributed by atoms with Crippen LogP contribution >= 0.6 is 15.9 Å².